The average molecular weight is 370 g/mol. The second-order valence-electron chi connectivity index (χ2n) is 6.40. The number of halogens is 3. The third kappa shape index (κ3) is 4.27. The van der Waals surface area contributed by atoms with Crippen LogP contribution < -0.4 is 4.74 Å². The molecular formula is C17H17F3N2O4. The van der Waals surface area contributed by atoms with Crippen LogP contribution in [-0.4, -0.2) is 59.4 Å². The Morgan fingerprint density at radius 1 is 1.04 bits per heavy atom. The fourth-order valence-electron chi connectivity index (χ4n) is 3.38. The summed E-state index contributed by atoms with van der Waals surface area (Å²) in [7, 11) is 0. The Hall–Kier alpha value is -2.71. The summed E-state index contributed by atoms with van der Waals surface area (Å²) >= 11 is 0. The summed E-state index contributed by atoms with van der Waals surface area (Å²) in [5, 5.41) is 9.00. The van der Waals surface area contributed by atoms with Gasteiger partial charge in [0.2, 0.25) is 5.91 Å². The van der Waals surface area contributed by atoms with E-state index < -0.39 is 12.5 Å². The van der Waals surface area contributed by atoms with E-state index in [9.17, 15) is 22.8 Å². The van der Waals surface area contributed by atoms with Crippen molar-refractivity contribution in [2.75, 3.05) is 26.2 Å². The number of carbonyl (C=O) groups is 2. The van der Waals surface area contributed by atoms with Gasteiger partial charge in [0, 0.05) is 44.1 Å². The maximum Gasteiger partial charge on any atom is 0.573 e. The molecule has 0 aliphatic carbocycles. The van der Waals surface area contributed by atoms with E-state index in [0.29, 0.717) is 31.7 Å². The van der Waals surface area contributed by atoms with Gasteiger partial charge in [-0.1, -0.05) is 12.1 Å². The predicted octanol–water partition coefficient (Wildman–Crippen LogP) is 2.67. The van der Waals surface area contributed by atoms with Gasteiger partial charge in [-0.3, -0.25) is 4.79 Å². The first-order valence-electron chi connectivity index (χ1n) is 8.02. The van der Waals surface area contributed by atoms with Crippen LogP contribution in [0, 0.1) is 11.8 Å². The minimum atomic E-state index is -4.74. The number of rotatable bonds is 3. The van der Waals surface area contributed by atoms with E-state index in [1.165, 1.54) is 41.3 Å². The predicted molar refractivity (Wildman–Crippen MR) is 85.3 cm³/mol. The van der Waals surface area contributed by atoms with E-state index in [1.807, 2.05) is 0 Å². The number of carboxylic acid groups (broad SMARTS) is 1. The van der Waals surface area contributed by atoms with Gasteiger partial charge in [-0.25, -0.2) is 4.79 Å². The highest BCUT2D eigenvalue weighted by Crippen LogP contribution is 2.31. The van der Waals surface area contributed by atoms with Crippen molar-refractivity contribution in [1.82, 2.24) is 9.80 Å². The van der Waals surface area contributed by atoms with E-state index in [0.717, 1.165) is 0 Å². The zero-order chi connectivity index (χ0) is 18.9. The molecule has 2 heterocycles. The number of hydrogen-bond acceptors (Lipinski definition) is 3. The number of carbonyl (C=O) groups excluding carboxylic acids is 1. The smallest absolute Gasteiger partial charge is 0.465 e. The van der Waals surface area contributed by atoms with E-state index in [4.69, 9.17) is 5.11 Å². The van der Waals surface area contributed by atoms with Crippen LogP contribution >= 0.6 is 0 Å². The van der Waals surface area contributed by atoms with Gasteiger partial charge in [0.25, 0.3) is 0 Å². The summed E-state index contributed by atoms with van der Waals surface area (Å²) in [5.74, 6) is -0.210. The Balaban J connectivity index is 1.53. The monoisotopic (exact) mass is 370 g/mol. The molecule has 26 heavy (non-hydrogen) atoms. The number of benzene rings is 1. The molecule has 2 atom stereocenters. The van der Waals surface area contributed by atoms with Gasteiger partial charge in [-0.2, -0.15) is 0 Å². The molecule has 6 nitrogen and oxygen atoms in total. The van der Waals surface area contributed by atoms with Crippen LogP contribution in [-0.2, 0) is 4.79 Å². The highest BCUT2D eigenvalue weighted by atomic mass is 19.4. The second-order valence-corrected chi connectivity index (χ2v) is 6.40. The van der Waals surface area contributed by atoms with Gasteiger partial charge in [0.05, 0.1) is 0 Å². The van der Waals surface area contributed by atoms with Crippen LogP contribution in [0.3, 0.4) is 0 Å². The summed E-state index contributed by atoms with van der Waals surface area (Å²) in [6, 6.07) is 5.21. The molecule has 0 unspecified atom stereocenters. The molecule has 0 radical (unpaired) electrons. The molecule has 2 saturated heterocycles. The van der Waals surface area contributed by atoms with Gasteiger partial charge >= 0.3 is 12.5 Å². The van der Waals surface area contributed by atoms with E-state index in [1.54, 1.807) is 4.90 Å². The molecule has 2 fully saturated rings. The van der Waals surface area contributed by atoms with Crippen LogP contribution in [0.2, 0.25) is 0 Å². The fraction of sp³-hybridized carbons (Fsp3) is 0.412. The lowest BCUT2D eigenvalue weighted by Gasteiger charge is -2.18. The summed E-state index contributed by atoms with van der Waals surface area (Å²) in [6.07, 6.45) is -2.78. The van der Waals surface area contributed by atoms with Crippen molar-refractivity contribution >= 4 is 18.1 Å². The Morgan fingerprint density at radius 2 is 1.58 bits per heavy atom. The molecule has 2 aliphatic heterocycles. The van der Waals surface area contributed by atoms with Crippen molar-refractivity contribution in [3.63, 3.8) is 0 Å². The fourth-order valence-corrected chi connectivity index (χ4v) is 3.38. The molecule has 3 rings (SSSR count). The van der Waals surface area contributed by atoms with Crippen LogP contribution in [0.25, 0.3) is 6.08 Å². The third-order valence-electron chi connectivity index (χ3n) is 4.60. The number of hydrogen-bond donors (Lipinski definition) is 1. The number of nitrogens with zero attached hydrogens (tertiary/aromatic N) is 2. The normalized spacial score (nSPS) is 22.7. The van der Waals surface area contributed by atoms with E-state index in [2.05, 4.69) is 4.74 Å². The van der Waals surface area contributed by atoms with Gasteiger partial charge < -0.3 is 19.6 Å². The molecule has 140 valence electrons. The summed E-state index contributed by atoms with van der Waals surface area (Å²) < 4.78 is 40.1. The highest BCUT2D eigenvalue weighted by molar-refractivity contribution is 5.92. The van der Waals surface area contributed by atoms with Crippen LogP contribution in [0.1, 0.15) is 5.56 Å². The molecule has 0 saturated carbocycles. The molecule has 1 aromatic carbocycles. The Labute approximate surface area is 147 Å². The molecule has 1 N–H and O–H groups in total. The molecule has 2 aliphatic rings. The summed E-state index contributed by atoms with van der Waals surface area (Å²) in [6.45, 7) is 1.90. The van der Waals surface area contributed by atoms with Crippen molar-refractivity contribution in [2.24, 2.45) is 11.8 Å². The number of fused-ring (bicyclic) bond motifs is 1. The lowest BCUT2D eigenvalue weighted by Crippen LogP contribution is -2.34. The number of ether oxygens (including phenoxy) is 1. The minimum Gasteiger partial charge on any atom is -0.465 e. The van der Waals surface area contributed by atoms with Gasteiger partial charge in [-0.05, 0) is 23.8 Å². The lowest BCUT2D eigenvalue weighted by molar-refractivity contribution is -0.274. The SMILES string of the molecule is O=C(O)N1C[C@@H]2CN(C(=O)/C=C/c3ccc(OC(F)(F)F)cc3)C[C@@H]2C1. The number of alkyl halides is 3. The number of amides is 2. The van der Waals surface area contributed by atoms with Gasteiger partial charge in [0.15, 0.2) is 0 Å². The zero-order valence-electron chi connectivity index (χ0n) is 13.6. The minimum absolute atomic E-state index is 0.155. The quantitative estimate of drug-likeness (QED) is 0.831. The first-order chi connectivity index (χ1) is 12.2. The molecular weight excluding hydrogens is 353 g/mol. The van der Waals surface area contributed by atoms with Crippen LogP contribution in [0.4, 0.5) is 18.0 Å². The average Bonchev–Trinajstić information content (AvgIpc) is 3.11. The van der Waals surface area contributed by atoms with Crippen LogP contribution in [0.15, 0.2) is 30.3 Å². The maximum absolute atomic E-state index is 12.3. The largest absolute Gasteiger partial charge is 0.573 e. The van der Waals surface area contributed by atoms with Crippen molar-refractivity contribution in [3.8, 4) is 5.75 Å². The lowest BCUT2D eigenvalue weighted by atomic mass is 10.0. The molecule has 0 bridgehead atoms. The van der Waals surface area contributed by atoms with Crippen molar-refractivity contribution in [2.45, 2.75) is 6.36 Å². The molecule has 2 amide bonds. The summed E-state index contributed by atoms with van der Waals surface area (Å²) in [5.41, 5.74) is 0.573. The Kier molecular flexibility index (Phi) is 4.80. The van der Waals surface area contributed by atoms with Crippen molar-refractivity contribution in [3.05, 3.63) is 35.9 Å². The zero-order valence-corrected chi connectivity index (χ0v) is 13.6. The summed E-state index contributed by atoms with van der Waals surface area (Å²) in [4.78, 5) is 26.3. The van der Waals surface area contributed by atoms with Crippen molar-refractivity contribution < 1.29 is 32.6 Å². The first-order valence-corrected chi connectivity index (χ1v) is 8.02. The Bertz CT molecular complexity index is 704. The Morgan fingerprint density at radius 3 is 2.08 bits per heavy atom. The number of likely N-dealkylation sites (tertiary alicyclic amines) is 2. The molecule has 0 aromatic heterocycles. The topological polar surface area (TPSA) is 70.1 Å². The molecule has 1 aromatic rings. The van der Waals surface area contributed by atoms with Gasteiger partial charge in [0.1, 0.15) is 5.75 Å². The van der Waals surface area contributed by atoms with Crippen LogP contribution in [0.5, 0.6) is 5.75 Å². The molecule has 9 heteroatoms. The maximum atomic E-state index is 12.3. The second kappa shape index (κ2) is 6.89. The third-order valence-corrected chi connectivity index (χ3v) is 4.60. The first kappa shape index (κ1) is 18.1. The standard InChI is InChI=1S/C17H17F3N2O4/c18-17(19,20)26-14-4-1-11(2-5-14)3-6-15(23)21-7-12-9-22(16(24)25)10-13(12)8-21/h1-6,12-13H,7-10H2,(H,24,25)/b6-3+/t12-,13+. The molecule has 0 spiro atoms. The van der Waals surface area contributed by atoms with E-state index in [-0.39, 0.29) is 23.5 Å². The van der Waals surface area contributed by atoms with E-state index >= 15 is 0 Å². The van der Waals surface area contributed by atoms with Gasteiger partial charge in [-0.15, -0.1) is 13.2 Å². The highest BCUT2D eigenvalue weighted by Gasteiger charge is 2.42. The van der Waals surface area contributed by atoms with Crippen molar-refractivity contribution in [1.29, 1.82) is 0 Å².